The second-order valence-electron chi connectivity index (χ2n) is 14.2. The normalized spacial score (nSPS) is 20.1. The number of carbonyl (C=O) groups excluding carboxylic acids is 1. The van der Waals surface area contributed by atoms with Gasteiger partial charge in [0, 0.05) is 18.7 Å². The van der Waals surface area contributed by atoms with E-state index in [2.05, 4.69) is 20.3 Å². The van der Waals surface area contributed by atoms with Crippen LogP contribution in [0.25, 0.3) is 11.2 Å². The van der Waals surface area contributed by atoms with Crippen molar-refractivity contribution in [2.75, 3.05) is 50.7 Å². The molecule has 6 aromatic rings. The van der Waals surface area contributed by atoms with Gasteiger partial charge in [0.1, 0.15) is 35.6 Å². The van der Waals surface area contributed by atoms with Crippen LogP contribution in [0.4, 0.5) is 5.82 Å². The number of sulfone groups is 1. The summed E-state index contributed by atoms with van der Waals surface area (Å²) < 4.78 is 57.2. The molecule has 1 amide bonds. The predicted octanol–water partition coefficient (Wildman–Crippen LogP) is 4.76. The van der Waals surface area contributed by atoms with Crippen molar-refractivity contribution in [3.63, 3.8) is 0 Å². The van der Waals surface area contributed by atoms with Crippen molar-refractivity contribution in [2.45, 2.75) is 30.1 Å². The van der Waals surface area contributed by atoms with Crippen molar-refractivity contribution in [3.05, 3.63) is 144 Å². The van der Waals surface area contributed by atoms with Gasteiger partial charge in [-0.15, -0.1) is 0 Å². The summed E-state index contributed by atoms with van der Waals surface area (Å²) in [5.74, 6) is 0.932. The lowest BCUT2D eigenvalue weighted by molar-refractivity contribution is -0.0941. The van der Waals surface area contributed by atoms with Crippen LogP contribution in [-0.2, 0) is 29.6 Å². The number of anilines is 1. The summed E-state index contributed by atoms with van der Waals surface area (Å²) in [6.45, 7) is 0.118. The molecule has 2 fully saturated rings. The number of hydrogen-bond donors (Lipinski definition) is 2. The summed E-state index contributed by atoms with van der Waals surface area (Å²) in [5.41, 5.74) is 2.11. The molecule has 310 valence electrons. The number of nitrogens with zero attached hydrogens (tertiary/aromatic N) is 5. The Balaban J connectivity index is 1.16. The molecule has 15 nitrogen and oxygen atoms in total. The van der Waals surface area contributed by atoms with E-state index in [-0.39, 0.29) is 59.3 Å². The van der Waals surface area contributed by atoms with E-state index in [0.717, 1.165) is 16.7 Å². The third-order valence-electron chi connectivity index (χ3n) is 10.7. The van der Waals surface area contributed by atoms with Gasteiger partial charge < -0.3 is 39.0 Å². The van der Waals surface area contributed by atoms with Crippen molar-refractivity contribution in [1.82, 2.24) is 24.4 Å². The molecule has 8 rings (SSSR count). The zero-order valence-corrected chi connectivity index (χ0v) is 34.3. The molecule has 2 aromatic heterocycles. The number of aliphatic hydroxyl groups is 1. The van der Waals surface area contributed by atoms with Gasteiger partial charge in [0.05, 0.1) is 38.7 Å². The smallest absolute Gasteiger partial charge is 0.259 e. The molecule has 2 aliphatic rings. The fraction of sp³-hybridized carbons (Fsp3) is 0.279. The summed E-state index contributed by atoms with van der Waals surface area (Å²) in [5, 5.41) is 15.0. The van der Waals surface area contributed by atoms with Crippen molar-refractivity contribution in [2.24, 2.45) is 0 Å². The monoisotopic (exact) mass is 850 g/mol. The van der Waals surface area contributed by atoms with Gasteiger partial charge in [-0.25, -0.2) is 23.4 Å². The van der Waals surface area contributed by atoms with Gasteiger partial charge in [-0.3, -0.25) is 9.36 Å². The van der Waals surface area contributed by atoms with Crippen LogP contribution < -0.4 is 14.8 Å². The Labute approximate surface area is 351 Å². The summed E-state index contributed by atoms with van der Waals surface area (Å²) in [6, 6.07) is 33.6. The molecular weight excluding hydrogens is 809 g/mol. The molecular formula is C43H42N6O9S2. The minimum absolute atomic E-state index is 0.00840. The molecule has 0 spiro atoms. The molecule has 0 bridgehead atoms. The lowest BCUT2D eigenvalue weighted by atomic mass is 9.80. The van der Waals surface area contributed by atoms with Crippen molar-refractivity contribution < 1.29 is 42.0 Å². The van der Waals surface area contributed by atoms with Crippen LogP contribution in [0.5, 0.6) is 11.5 Å². The summed E-state index contributed by atoms with van der Waals surface area (Å²) in [4.78, 5) is 28.1. The number of methoxy groups -OCH3 is 2. The van der Waals surface area contributed by atoms with Crippen LogP contribution >= 0.6 is 12.2 Å². The average Bonchev–Trinajstić information content (AvgIpc) is 3.85. The highest BCUT2D eigenvalue weighted by atomic mass is 32.2. The Morgan fingerprint density at radius 2 is 1.43 bits per heavy atom. The number of imidazole rings is 1. The minimum Gasteiger partial charge on any atom is -0.497 e. The molecule has 1 unspecified atom stereocenters. The molecule has 2 N–H and O–H groups in total. The number of thiocarbonyl (C=S) groups is 1. The topological polar surface area (TPSA) is 176 Å². The highest BCUT2D eigenvalue weighted by Crippen LogP contribution is 2.43. The van der Waals surface area contributed by atoms with Gasteiger partial charge >= 0.3 is 0 Å². The van der Waals surface area contributed by atoms with E-state index in [4.69, 9.17) is 35.9 Å². The number of aliphatic hydroxyl groups excluding tert-OH is 1. The van der Waals surface area contributed by atoms with Crippen molar-refractivity contribution in [3.8, 4) is 11.5 Å². The summed E-state index contributed by atoms with van der Waals surface area (Å²) in [7, 11) is -0.0127. The first-order valence-corrected chi connectivity index (χ1v) is 21.3. The Morgan fingerprint density at radius 3 is 2.03 bits per heavy atom. The number of amides is 1. The average molecular weight is 851 g/mol. The maximum absolute atomic E-state index is 13.1. The number of ether oxygens (including phenoxy) is 5. The lowest BCUT2D eigenvalue weighted by Crippen LogP contribution is -2.47. The van der Waals surface area contributed by atoms with Gasteiger partial charge in [0.2, 0.25) is 0 Å². The highest BCUT2D eigenvalue weighted by molar-refractivity contribution is 7.91. The van der Waals surface area contributed by atoms with E-state index in [1.807, 2.05) is 84.9 Å². The standard InChI is InChI=1S/C43H42N6O9S2/c1-54-32-17-13-30(14-18-32)43(29-11-7-4-8-12-29,31-15-19-33(55-2)20-16-31)56-25-34-36(50)37(58-42(59)48-21-23-60(52,53)24-22-48)41(57-34)49-27-46-35-38(44-26-45-39(35)49)47-40(51)28-9-5-3-6-10-28/h3-20,26-27,34,36-37,41,50H,21-25H2,1-2H3,(H,44,45,47,51)/t34-,36?,37+,41-/m1/s1. The lowest BCUT2D eigenvalue weighted by Gasteiger charge is -2.37. The number of carbonyl (C=O) groups is 1. The molecule has 4 aromatic carbocycles. The van der Waals surface area contributed by atoms with Crippen LogP contribution in [0, 0.1) is 0 Å². The Hall–Kier alpha value is -5.98. The fourth-order valence-corrected chi connectivity index (χ4v) is 8.97. The van der Waals surface area contributed by atoms with Crippen molar-refractivity contribution in [1.29, 1.82) is 0 Å². The molecule has 4 atom stereocenters. The number of rotatable bonds is 12. The molecule has 17 heteroatoms. The third-order valence-corrected chi connectivity index (χ3v) is 12.7. The summed E-state index contributed by atoms with van der Waals surface area (Å²) >= 11 is 5.72. The van der Waals surface area contributed by atoms with Gasteiger partial charge in [-0.1, -0.05) is 72.8 Å². The van der Waals surface area contributed by atoms with Crippen molar-refractivity contribution >= 4 is 50.1 Å². The van der Waals surface area contributed by atoms with Crippen LogP contribution in [0.3, 0.4) is 0 Å². The van der Waals surface area contributed by atoms with E-state index < -0.39 is 40.0 Å². The Kier molecular flexibility index (Phi) is 11.8. The first kappa shape index (κ1) is 40.8. The van der Waals surface area contributed by atoms with Crippen LogP contribution in [-0.4, -0.2) is 113 Å². The zero-order valence-electron chi connectivity index (χ0n) is 32.7. The molecule has 60 heavy (non-hydrogen) atoms. The molecule has 2 aliphatic heterocycles. The number of aromatic nitrogens is 4. The van der Waals surface area contributed by atoms with Crippen LogP contribution in [0.15, 0.2) is 122 Å². The molecule has 0 saturated carbocycles. The molecule has 0 radical (unpaired) electrons. The predicted molar refractivity (Wildman–Crippen MR) is 226 cm³/mol. The number of nitrogens with one attached hydrogen (secondary N) is 1. The Bertz CT molecular complexity index is 2500. The first-order valence-electron chi connectivity index (χ1n) is 19.1. The second-order valence-corrected chi connectivity index (χ2v) is 16.9. The largest absolute Gasteiger partial charge is 0.497 e. The zero-order chi connectivity index (χ0) is 41.9. The minimum atomic E-state index is -3.21. The van der Waals surface area contributed by atoms with Gasteiger partial charge in [0.15, 0.2) is 39.2 Å². The van der Waals surface area contributed by atoms with Crippen LogP contribution in [0.1, 0.15) is 33.3 Å². The molecule has 0 aliphatic carbocycles. The summed E-state index contributed by atoms with van der Waals surface area (Å²) in [6.07, 6.45) is -1.81. The number of hydrogen-bond acceptors (Lipinski definition) is 13. The SMILES string of the molecule is COc1ccc(C(OC[C@H]2O[C@@H](n3cnc4c(NC(=O)c5ccccc5)ncnc43)[C@@H](OC(=S)N3CCS(=O)(=O)CC3)C2O)(c2ccccc2)c2ccc(OC)cc2)cc1. The molecule has 2 saturated heterocycles. The Morgan fingerprint density at radius 1 is 0.850 bits per heavy atom. The quantitative estimate of drug-likeness (QED) is 0.127. The van der Waals surface area contributed by atoms with Gasteiger partial charge in [0.25, 0.3) is 11.1 Å². The maximum Gasteiger partial charge on any atom is 0.259 e. The fourth-order valence-electron chi connectivity index (χ4n) is 7.47. The van der Waals surface area contributed by atoms with E-state index in [1.54, 1.807) is 48.0 Å². The van der Waals surface area contributed by atoms with E-state index in [1.165, 1.54) is 12.7 Å². The second kappa shape index (κ2) is 17.3. The highest BCUT2D eigenvalue weighted by Gasteiger charge is 2.50. The maximum atomic E-state index is 13.1. The number of benzene rings is 4. The van der Waals surface area contributed by atoms with Gasteiger partial charge in [-0.05, 0) is 65.3 Å². The van der Waals surface area contributed by atoms with E-state index in [0.29, 0.717) is 17.1 Å². The van der Waals surface area contributed by atoms with Gasteiger partial charge in [-0.2, -0.15) is 0 Å². The first-order chi connectivity index (χ1) is 29.1. The molecule has 4 heterocycles. The van der Waals surface area contributed by atoms with E-state index >= 15 is 0 Å². The van der Waals surface area contributed by atoms with E-state index in [9.17, 15) is 18.3 Å². The third kappa shape index (κ3) is 8.13. The number of fused-ring (bicyclic) bond motifs is 1. The van der Waals surface area contributed by atoms with Crippen LogP contribution in [0.2, 0.25) is 0 Å².